The Balaban J connectivity index is 0.000000316. The predicted molar refractivity (Wildman–Crippen MR) is 104 cm³/mol. The lowest BCUT2D eigenvalue weighted by atomic mass is 10.1. The molecule has 0 saturated heterocycles. The van der Waals surface area contributed by atoms with Crippen molar-refractivity contribution >= 4 is 22.5 Å². The van der Waals surface area contributed by atoms with Crippen molar-refractivity contribution in [2.24, 2.45) is 4.36 Å². The number of halogens is 6. The van der Waals surface area contributed by atoms with Crippen LogP contribution in [0.4, 0.5) is 26.3 Å². The van der Waals surface area contributed by atoms with Crippen molar-refractivity contribution in [3.63, 3.8) is 0 Å². The van der Waals surface area contributed by atoms with Crippen LogP contribution in [-0.4, -0.2) is 12.5 Å². The summed E-state index contributed by atoms with van der Waals surface area (Å²) in [4.78, 5) is 0.509. The molecule has 0 amide bonds. The van der Waals surface area contributed by atoms with Crippen LogP contribution in [0.5, 0.6) is 0 Å². The van der Waals surface area contributed by atoms with Crippen molar-refractivity contribution in [2.75, 3.05) is 12.5 Å². The van der Waals surface area contributed by atoms with Gasteiger partial charge in [-0.3, -0.25) is 0 Å². The fourth-order valence-electron chi connectivity index (χ4n) is 2.33. The van der Waals surface area contributed by atoms with E-state index in [2.05, 4.69) is 4.36 Å². The van der Waals surface area contributed by atoms with Crippen LogP contribution >= 0.6 is 11.8 Å². The molecule has 2 aromatic carbocycles. The van der Waals surface area contributed by atoms with E-state index in [1.54, 1.807) is 18.4 Å². The molecule has 0 N–H and O–H groups in total. The van der Waals surface area contributed by atoms with E-state index in [1.807, 2.05) is 0 Å². The molecule has 0 saturated carbocycles. The summed E-state index contributed by atoms with van der Waals surface area (Å²) >= 11 is 1.14. The van der Waals surface area contributed by atoms with Crippen molar-refractivity contribution < 1.29 is 26.3 Å². The zero-order valence-corrected chi connectivity index (χ0v) is 17.5. The van der Waals surface area contributed by atoms with Crippen LogP contribution < -0.4 is 0 Å². The van der Waals surface area contributed by atoms with Gasteiger partial charge in [-0.15, -0.1) is 16.1 Å². The minimum absolute atomic E-state index is 0.144. The second-order valence-corrected chi connectivity index (χ2v) is 7.79. The summed E-state index contributed by atoms with van der Waals surface area (Å²) in [5.41, 5.74) is -2.45. The molecule has 0 aliphatic rings. The summed E-state index contributed by atoms with van der Waals surface area (Å²) in [6.45, 7) is 0. The smallest absolute Gasteiger partial charge is 0.206 e. The van der Waals surface area contributed by atoms with E-state index >= 15 is 0 Å². The van der Waals surface area contributed by atoms with Crippen LogP contribution in [0.3, 0.4) is 0 Å². The average molecular weight is 474 g/mol. The summed E-state index contributed by atoms with van der Waals surface area (Å²) < 4.78 is 79.6. The van der Waals surface area contributed by atoms with Crippen LogP contribution in [-0.2, 0) is 10.7 Å². The second-order valence-electron chi connectivity index (χ2n) is 5.37. The van der Waals surface area contributed by atoms with Crippen molar-refractivity contribution in [2.45, 2.75) is 22.6 Å². The SMILES string of the molecule is CS(=NC#N)c1ccc(F)c(C(F)F)c1C#N.CSc1ccc(F)c(C(F)F)c1C#N. The van der Waals surface area contributed by atoms with Crippen LogP contribution in [0, 0.1) is 45.8 Å². The lowest BCUT2D eigenvalue weighted by Crippen LogP contribution is -2.02. The Morgan fingerprint density at radius 1 is 0.871 bits per heavy atom. The van der Waals surface area contributed by atoms with E-state index in [0.717, 1.165) is 23.9 Å². The second kappa shape index (κ2) is 12.0. The van der Waals surface area contributed by atoms with Crippen LogP contribution in [0.2, 0.25) is 0 Å². The summed E-state index contributed by atoms with van der Waals surface area (Å²) in [5, 5.41) is 25.8. The molecule has 162 valence electrons. The Hall–Kier alpha value is -3.01. The van der Waals surface area contributed by atoms with E-state index in [-0.39, 0.29) is 10.5 Å². The van der Waals surface area contributed by atoms with E-state index in [4.69, 9.17) is 15.8 Å². The molecule has 2 rings (SSSR count). The van der Waals surface area contributed by atoms with Gasteiger partial charge in [-0.25, -0.2) is 26.3 Å². The number of thioether (sulfide) groups is 1. The Morgan fingerprint density at radius 3 is 1.77 bits per heavy atom. The lowest BCUT2D eigenvalue weighted by molar-refractivity contribution is 0.145. The third kappa shape index (κ3) is 6.24. The Kier molecular flexibility index (Phi) is 10.1. The monoisotopic (exact) mass is 474 g/mol. The molecule has 2 aromatic rings. The minimum atomic E-state index is -3.08. The molecule has 31 heavy (non-hydrogen) atoms. The quantitative estimate of drug-likeness (QED) is 0.297. The maximum absolute atomic E-state index is 13.2. The van der Waals surface area contributed by atoms with E-state index in [9.17, 15) is 26.3 Å². The van der Waals surface area contributed by atoms with Crippen LogP contribution in [0.1, 0.15) is 35.1 Å². The Bertz CT molecular complexity index is 1110. The molecule has 0 aliphatic carbocycles. The first-order chi connectivity index (χ1) is 14.6. The van der Waals surface area contributed by atoms with Gasteiger partial charge in [0.25, 0.3) is 12.9 Å². The molecular formula is C19H12F6N4S2. The van der Waals surface area contributed by atoms with Crippen molar-refractivity contribution in [1.29, 1.82) is 15.8 Å². The number of nitrogens with zero attached hydrogens (tertiary/aromatic N) is 4. The van der Waals surface area contributed by atoms with Gasteiger partial charge in [0.15, 0.2) is 0 Å². The van der Waals surface area contributed by atoms with Crippen LogP contribution in [0.25, 0.3) is 0 Å². The first-order valence-electron chi connectivity index (χ1n) is 7.95. The maximum atomic E-state index is 13.2. The van der Waals surface area contributed by atoms with Crippen molar-refractivity contribution in [1.82, 2.24) is 0 Å². The summed E-state index contributed by atoms with van der Waals surface area (Å²) in [7, 11) is -1.04. The molecule has 0 fully saturated rings. The maximum Gasteiger partial charge on any atom is 0.267 e. The highest BCUT2D eigenvalue weighted by atomic mass is 32.2. The normalized spacial score (nSPS) is 11.3. The first kappa shape index (κ1) is 26.0. The van der Waals surface area contributed by atoms with Gasteiger partial charge in [-0.1, -0.05) is 10.7 Å². The summed E-state index contributed by atoms with van der Waals surface area (Å²) in [6, 6.07) is 7.47. The summed E-state index contributed by atoms with van der Waals surface area (Å²) in [5.74, 6) is -2.16. The van der Waals surface area contributed by atoms with Crippen LogP contribution in [0.15, 0.2) is 38.4 Å². The third-order valence-corrected chi connectivity index (χ3v) is 5.80. The van der Waals surface area contributed by atoms with Gasteiger partial charge in [0.2, 0.25) is 6.19 Å². The average Bonchev–Trinajstić information content (AvgIpc) is 2.72. The molecule has 0 heterocycles. The van der Waals surface area contributed by atoms with E-state index < -0.39 is 51.9 Å². The fourth-order valence-corrected chi connectivity index (χ4v) is 3.83. The Morgan fingerprint density at radius 2 is 1.35 bits per heavy atom. The number of benzene rings is 2. The van der Waals surface area contributed by atoms with Crippen molar-refractivity contribution in [3.05, 3.63) is 58.2 Å². The number of nitriles is 3. The van der Waals surface area contributed by atoms with Gasteiger partial charge in [0.1, 0.15) is 23.8 Å². The molecule has 12 heteroatoms. The van der Waals surface area contributed by atoms with Gasteiger partial charge in [0.05, 0.1) is 22.3 Å². The van der Waals surface area contributed by atoms with E-state index in [0.29, 0.717) is 4.90 Å². The van der Waals surface area contributed by atoms with Gasteiger partial charge >= 0.3 is 0 Å². The molecule has 1 atom stereocenters. The third-order valence-electron chi connectivity index (χ3n) is 3.68. The number of hydrogen-bond acceptors (Lipinski definition) is 5. The zero-order chi connectivity index (χ0) is 23.7. The largest absolute Gasteiger partial charge is 0.267 e. The van der Waals surface area contributed by atoms with Gasteiger partial charge in [0, 0.05) is 9.79 Å². The van der Waals surface area contributed by atoms with Crippen molar-refractivity contribution in [3.8, 4) is 18.3 Å². The minimum Gasteiger partial charge on any atom is -0.206 e. The highest BCUT2D eigenvalue weighted by molar-refractivity contribution is 7.98. The topological polar surface area (TPSA) is 83.7 Å². The van der Waals surface area contributed by atoms with Gasteiger partial charge < -0.3 is 0 Å². The number of hydrogen-bond donors (Lipinski definition) is 0. The molecule has 1 unspecified atom stereocenters. The molecule has 0 aliphatic heterocycles. The molecule has 0 bridgehead atoms. The fraction of sp³-hybridized carbons (Fsp3) is 0.211. The molecule has 0 spiro atoms. The predicted octanol–water partition coefficient (Wildman–Crippen LogP) is 6.26. The molecule has 4 nitrogen and oxygen atoms in total. The molecule has 0 aromatic heterocycles. The van der Waals surface area contributed by atoms with Gasteiger partial charge in [-0.05, 0) is 36.8 Å². The standard InChI is InChI=1S/C10H6F3N3S.C9H6F3NS/c1-17(16-5-15)8-3-2-7(11)9(10(12)13)6(8)4-14;1-14-7-3-2-6(10)8(9(11)12)5(7)4-13/h2-3,10H,1H3;2-3,9H,1H3. The summed E-state index contributed by atoms with van der Waals surface area (Å²) in [6.07, 6.45) is -1.38. The first-order valence-corrected chi connectivity index (χ1v) is 10.8. The van der Waals surface area contributed by atoms with E-state index in [1.165, 1.54) is 24.6 Å². The number of rotatable bonds is 4. The number of alkyl halides is 4. The highest BCUT2D eigenvalue weighted by Gasteiger charge is 2.22. The van der Waals surface area contributed by atoms with Gasteiger partial charge in [-0.2, -0.15) is 15.8 Å². The zero-order valence-electron chi connectivity index (χ0n) is 15.8. The lowest BCUT2D eigenvalue weighted by Gasteiger charge is -2.09. The highest BCUT2D eigenvalue weighted by Crippen LogP contribution is 2.32. The molecular weight excluding hydrogens is 462 g/mol. The Labute approximate surface area is 180 Å². The molecule has 0 radical (unpaired) electrons.